The summed E-state index contributed by atoms with van der Waals surface area (Å²) in [4.78, 5) is 21.2. The van der Waals surface area contributed by atoms with Gasteiger partial charge in [0.2, 0.25) is 0 Å². The highest BCUT2D eigenvalue weighted by Gasteiger charge is 2.42. The topological polar surface area (TPSA) is 58.8 Å². The SMILES string of the molecule is Cc1nc(CN2CCO[C@@H]3CN(C(=O)c4ccco4)C[C@@H]32)cs1. The lowest BCUT2D eigenvalue weighted by Crippen LogP contribution is -2.50. The number of rotatable bonds is 3. The summed E-state index contributed by atoms with van der Waals surface area (Å²) in [6.07, 6.45) is 1.60. The third kappa shape index (κ3) is 2.91. The summed E-state index contributed by atoms with van der Waals surface area (Å²) in [5.74, 6) is 0.336. The lowest BCUT2D eigenvalue weighted by Gasteiger charge is -2.36. The predicted octanol–water partition coefficient (Wildman–Crippen LogP) is 1.77. The molecule has 2 saturated heterocycles. The number of amides is 1. The van der Waals surface area contributed by atoms with Gasteiger partial charge in [0.25, 0.3) is 5.91 Å². The Labute approximate surface area is 138 Å². The Kier molecular flexibility index (Phi) is 3.92. The number of morpholine rings is 1. The molecule has 2 aromatic heterocycles. The fourth-order valence-corrected chi connectivity index (χ4v) is 3.97. The van der Waals surface area contributed by atoms with E-state index in [1.54, 1.807) is 23.5 Å². The zero-order valence-corrected chi connectivity index (χ0v) is 13.8. The summed E-state index contributed by atoms with van der Waals surface area (Å²) in [5.41, 5.74) is 1.10. The molecule has 0 N–H and O–H groups in total. The molecule has 4 heterocycles. The van der Waals surface area contributed by atoms with Gasteiger partial charge in [-0.1, -0.05) is 0 Å². The normalized spacial score (nSPS) is 24.8. The van der Waals surface area contributed by atoms with Gasteiger partial charge in [0, 0.05) is 31.6 Å². The smallest absolute Gasteiger partial charge is 0.289 e. The minimum absolute atomic E-state index is 0.0579. The molecule has 2 aliphatic rings. The molecule has 2 aromatic rings. The Morgan fingerprint density at radius 3 is 3.13 bits per heavy atom. The Morgan fingerprint density at radius 2 is 2.39 bits per heavy atom. The third-order valence-electron chi connectivity index (χ3n) is 4.47. The number of aryl methyl sites for hydroxylation is 1. The fourth-order valence-electron chi connectivity index (χ4n) is 3.37. The molecule has 122 valence electrons. The summed E-state index contributed by atoms with van der Waals surface area (Å²) >= 11 is 1.68. The highest BCUT2D eigenvalue weighted by atomic mass is 32.1. The van der Waals surface area contributed by atoms with Crippen LogP contribution in [0.2, 0.25) is 0 Å². The first kappa shape index (κ1) is 14.9. The van der Waals surface area contributed by atoms with Crippen LogP contribution >= 0.6 is 11.3 Å². The van der Waals surface area contributed by atoms with Gasteiger partial charge in [-0.15, -0.1) is 11.3 Å². The summed E-state index contributed by atoms with van der Waals surface area (Å²) in [6.45, 7) is 5.71. The maximum absolute atomic E-state index is 12.5. The van der Waals surface area contributed by atoms with E-state index in [0.717, 1.165) is 23.8 Å². The van der Waals surface area contributed by atoms with E-state index < -0.39 is 0 Å². The molecular formula is C16H19N3O3S. The largest absolute Gasteiger partial charge is 0.459 e. The van der Waals surface area contributed by atoms with E-state index in [4.69, 9.17) is 9.15 Å². The van der Waals surface area contributed by atoms with Crippen molar-refractivity contribution < 1.29 is 13.9 Å². The molecule has 1 amide bonds. The van der Waals surface area contributed by atoms with Gasteiger partial charge in [-0.3, -0.25) is 9.69 Å². The van der Waals surface area contributed by atoms with Crippen molar-refractivity contribution in [2.75, 3.05) is 26.2 Å². The molecule has 0 unspecified atom stereocenters. The maximum Gasteiger partial charge on any atom is 0.289 e. The average Bonchev–Trinajstić information content (AvgIpc) is 3.26. The van der Waals surface area contributed by atoms with Gasteiger partial charge in [-0.05, 0) is 19.1 Å². The van der Waals surface area contributed by atoms with E-state index in [1.807, 2.05) is 11.8 Å². The van der Waals surface area contributed by atoms with Crippen molar-refractivity contribution in [2.24, 2.45) is 0 Å². The van der Waals surface area contributed by atoms with Crippen molar-refractivity contribution in [1.29, 1.82) is 0 Å². The Morgan fingerprint density at radius 1 is 1.48 bits per heavy atom. The van der Waals surface area contributed by atoms with Gasteiger partial charge in [0.05, 0.1) is 35.7 Å². The molecular weight excluding hydrogens is 314 g/mol. The van der Waals surface area contributed by atoms with Crippen LogP contribution in [-0.4, -0.2) is 59.1 Å². The number of furan rings is 1. The lowest BCUT2D eigenvalue weighted by atomic mass is 10.1. The van der Waals surface area contributed by atoms with Gasteiger partial charge in [-0.2, -0.15) is 0 Å². The van der Waals surface area contributed by atoms with Crippen molar-refractivity contribution in [2.45, 2.75) is 25.6 Å². The molecule has 4 rings (SSSR count). The van der Waals surface area contributed by atoms with Crippen LogP contribution in [0.1, 0.15) is 21.3 Å². The molecule has 2 fully saturated rings. The van der Waals surface area contributed by atoms with Gasteiger partial charge in [0.1, 0.15) is 0 Å². The van der Waals surface area contributed by atoms with Crippen LogP contribution in [0.15, 0.2) is 28.2 Å². The van der Waals surface area contributed by atoms with Gasteiger partial charge in [-0.25, -0.2) is 4.98 Å². The second-order valence-corrected chi connectivity index (χ2v) is 7.05. The van der Waals surface area contributed by atoms with Crippen LogP contribution < -0.4 is 0 Å². The molecule has 7 heteroatoms. The number of thiazole rings is 1. The second kappa shape index (κ2) is 6.07. The van der Waals surface area contributed by atoms with E-state index in [1.165, 1.54) is 6.26 Å². The molecule has 0 saturated carbocycles. The predicted molar refractivity (Wildman–Crippen MR) is 85.4 cm³/mol. The highest BCUT2D eigenvalue weighted by Crippen LogP contribution is 2.26. The zero-order chi connectivity index (χ0) is 15.8. The summed E-state index contributed by atoms with van der Waals surface area (Å²) in [7, 11) is 0. The molecule has 6 nitrogen and oxygen atoms in total. The number of fused-ring (bicyclic) bond motifs is 1. The average molecular weight is 333 g/mol. The number of nitrogens with zero attached hydrogens (tertiary/aromatic N) is 3. The zero-order valence-electron chi connectivity index (χ0n) is 13.0. The van der Waals surface area contributed by atoms with Crippen LogP contribution in [0, 0.1) is 6.92 Å². The molecule has 2 atom stereocenters. The first-order valence-electron chi connectivity index (χ1n) is 7.80. The quantitative estimate of drug-likeness (QED) is 0.857. The lowest BCUT2D eigenvalue weighted by molar-refractivity contribution is -0.0507. The minimum atomic E-state index is -0.0579. The Hall–Kier alpha value is -1.70. The van der Waals surface area contributed by atoms with E-state index in [0.29, 0.717) is 25.5 Å². The molecule has 0 aliphatic carbocycles. The molecule has 0 bridgehead atoms. The first-order valence-corrected chi connectivity index (χ1v) is 8.68. The van der Waals surface area contributed by atoms with Crippen LogP contribution in [0.5, 0.6) is 0 Å². The van der Waals surface area contributed by atoms with Gasteiger partial charge >= 0.3 is 0 Å². The van der Waals surface area contributed by atoms with E-state index in [-0.39, 0.29) is 18.1 Å². The number of likely N-dealkylation sites (tertiary alicyclic amines) is 1. The number of hydrogen-bond donors (Lipinski definition) is 0. The van der Waals surface area contributed by atoms with Gasteiger partial charge in [0.15, 0.2) is 5.76 Å². The van der Waals surface area contributed by atoms with E-state index in [9.17, 15) is 4.79 Å². The number of carbonyl (C=O) groups excluding carboxylic acids is 1. The summed E-state index contributed by atoms with van der Waals surface area (Å²) in [6, 6.07) is 3.68. The number of aromatic nitrogens is 1. The molecule has 23 heavy (non-hydrogen) atoms. The van der Waals surface area contributed by atoms with Crippen LogP contribution in [-0.2, 0) is 11.3 Å². The molecule has 0 spiro atoms. The monoisotopic (exact) mass is 333 g/mol. The number of carbonyl (C=O) groups is 1. The van der Waals surface area contributed by atoms with E-state index in [2.05, 4.69) is 15.3 Å². The van der Waals surface area contributed by atoms with Crippen LogP contribution in [0.25, 0.3) is 0 Å². The standard InChI is InChI=1S/C16H19N3O3S/c1-11-17-12(10-23-11)7-18-4-6-22-15-9-19(8-13(15)18)16(20)14-3-2-5-21-14/h2-3,5,10,13,15H,4,6-9H2,1H3/t13-,15+/m0/s1. The van der Waals surface area contributed by atoms with Crippen LogP contribution in [0.3, 0.4) is 0 Å². The van der Waals surface area contributed by atoms with Crippen molar-refractivity contribution in [1.82, 2.24) is 14.8 Å². The van der Waals surface area contributed by atoms with Crippen LogP contribution in [0.4, 0.5) is 0 Å². The minimum Gasteiger partial charge on any atom is -0.459 e. The summed E-state index contributed by atoms with van der Waals surface area (Å²) < 4.78 is 11.1. The Bertz CT molecular complexity index is 685. The number of hydrogen-bond acceptors (Lipinski definition) is 6. The van der Waals surface area contributed by atoms with Crippen molar-refractivity contribution >= 4 is 17.2 Å². The van der Waals surface area contributed by atoms with E-state index >= 15 is 0 Å². The van der Waals surface area contributed by atoms with Crippen molar-refractivity contribution in [3.8, 4) is 0 Å². The molecule has 0 aromatic carbocycles. The Balaban J connectivity index is 1.47. The molecule has 2 aliphatic heterocycles. The first-order chi connectivity index (χ1) is 11.2. The number of ether oxygens (including phenoxy) is 1. The summed E-state index contributed by atoms with van der Waals surface area (Å²) in [5, 5.41) is 3.20. The molecule has 0 radical (unpaired) electrons. The maximum atomic E-state index is 12.5. The third-order valence-corrected chi connectivity index (χ3v) is 5.29. The van der Waals surface area contributed by atoms with Crippen molar-refractivity contribution in [3.63, 3.8) is 0 Å². The second-order valence-electron chi connectivity index (χ2n) is 5.99. The van der Waals surface area contributed by atoms with Crippen molar-refractivity contribution in [3.05, 3.63) is 40.2 Å². The fraction of sp³-hybridized carbons (Fsp3) is 0.500. The highest BCUT2D eigenvalue weighted by molar-refractivity contribution is 7.09. The van der Waals surface area contributed by atoms with Gasteiger partial charge < -0.3 is 14.1 Å².